The number of aryl methyl sites for hydroxylation is 1. The molecular weight excluding hydrogens is 408 g/mol. The van der Waals surface area contributed by atoms with Crippen molar-refractivity contribution >= 4 is 29.6 Å². The third kappa shape index (κ3) is 3.78. The molecule has 0 unspecified atom stereocenters. The second-order valence-corrected chi connectivity index (χ2v) is 7.24. The van der Waals surface area contributed by atoms with Crippen LogP contribution in [0.4, 0.5) is 10.5 Å². The summed E-state index contributed by atoms with van der Waals surface area (Å²) < 4.78 is 7.40. The summed E-state index contributed by atoms with van der Waals surface area (Å²) in [5.74, 6) is -0.182. The SMILES string of the molecule is CCOc1cccc(N2C(=O)NC(=O)/C(=C\c3cc(C)n(-c4ccccn4)c3C)C2=O)c1. The average molecular weight is 430 g/mol. The molecule has 0 bridgehead atoms. The summed E-state index contributed by atoms with van der Waals surface area (Å²) in [6, 6.07) is 13.3. The van der Waals surface area contributed by atoms with Crippen molar-refractivity contribution in [1.29, 1.82) is 0 Å². The lowest BCUT2D eigenvalue weighted by Gasteiger charge is -2.26. The first-order chi connectivity index (χ1) is 15.4. The first-order valence-corrected chi connectivity index (χ1v) is 10.2. The third-order valence-corrected chi connectivity index (χ3v) is 5.14. The molecule has 1 saturated heterocycles. The molecular formula is C24H22N4O4. The zero-order valence-corrected chi connectivity index (χ0v) is 18.0. The number of hydrogen-bond donors (Lipinski definition) is 1. The molecule has 0 aliphatic carbocycles. The molecule has 1 N–H and O–H groups in total. The van der Waals surface area contributed by atoms with E-state index in [0.717, 1.165) is 22.1 Å². The first-order valence-electron chi connectivity index (χ1n) is 10.2. The van der Waals surface area contributed by atoms with Gasteiger partial charge in [0, 0.05) is 23.7 Å². The lowest BCUT2D eigenvalue weighted by molar-refractivity contribution is -0.122. The van der Waals surface area contributed by atoms with Crippen LogP contribution < -0.4 is 15.0 Å². The summed E-state index contributed by atoms with van der Waals surface area (Å²) in [7, 11) is 0. The van der Waals surface area contributed by atoms with E-state index in [1.54, 1.807) is 30.5 Å². The molecule has 3 heterocycles. The van der Waals surface area contributed by atoms with Gasteiger partial charge in [-0.05, 0) is 62.7 Å². The molecule has 1 fully saturated rings. The summed E-state index contributed by atoms with van der Waals surface area (Å²) >= 11 is 0. The predicted molar refractivity (Wildman–Crippen MR) is 120 cm³/mol. The van der Waals surface area contributed by atoms with Gasteiger partial charge in [0.2, 0.25) is 0 Å². The van der Waals surface area contributed by atoms with Crippen LogP contribution in [0.1, 0.15) is 23.9 Å². The summed E-state index contributed by atoms with van der Waals surface area (Å²) in [6.45, 7) is 6.08. The molecule has 0 radical (unpaired) electrons. The Kier molecular flexibility index (Phi) is 5.59. The van der Waals surface area contributed by atoms with Gasteiger partial charge in [-0.1, -0.05) is 12.1 Å². The van der Waals surface area contributed by atoms with E-state index in [2.05, 4.69) is 10.3 Å². The van der Waals surface area contributed by atoms with Crippen LogP contribution in [0.15, 0.2) is 60.3 Å². The van der Waals surface area contributed by atoms with E-state index in [1.807, 2.05) is 49.6 Å². The fourth-order valence-corrected chi connectivity index (χ4v) is 3.70. The number of imide groups is 2. The maximum atomic E-state index is 13.2. The Balaban J connectivity index is 1.74. The number of nitrogens with zero attached hydrogens (tertiary/aromatic N) is 3. The third-order valence-electron chi connectivity index (χ3n) is 5.14. The van der Waals surface area contributed by atoms with Crippen LogP contribution in [0.25, 0.3) is 11.9 Å². The highest BCUT2D eigenvalue weighted by Gasteiger charge is 2.37. The first kappa shape index (κ1) is 21.0. The number of anilines is 1. The molecule has 1 aromatic carbocycles. The van der Waals surface area contributed by atoms with Crippen LogP contribution >= 0.6 is 0 Å². The number of amides is 4. The van der Waals surface area contributed by atoms with Gasteiger partial charge in [0.1, 0.15) is 17.1 Å². The minimum Gasteiger partial charge on any atom is -0.494 e. The Hall–Kier alpha value is -4.20. The van der Waals surface area contributed by atoms with Crippen molar-refractivity contribution in [1.82, 2.24) is 14.9 Å². The normalized spacial score (nSPS) is 15.3. The smallest absolute Gasteiger partial charge is 0.335 e. The van der Waals surface area contributed by atoms with Crippen LogP contribution in [0.3, 0.4) is 0 Å². The molecule has 1 aliphatic heterocycles. The number of barbiturate groups is 1. The van der Waals surface area contributed by atoms with E-state index >= 15 is 0 Å². The molecule has 0 atom stereocenters. The second kappa shape index (κ2) is 8.50. The Morgan fingerprint density at radius 2 is 1.88 bits per heavy atom. The van der Waals surface area contributed by atoms with Gasteiger partial charge >= 0.3 is 6.03 Å². The Morgan fingerprint density at radius 1 is 1.06 bits per heavy atom. The fraction of sp³-hybridized carbons (Fsp3) is 0.167. The topological polar surface area (TPSA) is 93.5 Å². The standard InChI is InChI=1S/C24H22N4O4/c1-4-32-19-9-7-8-18(14-19)28-23(30)20(22(29)26-24(28)31)13-17-12-15(2)27(16(17)3)21-10-5-6-11-25-21/h5-14H,4H2,1-3H3,(H,26,29,31)/b20-13+. The van der Waals surface area contributed by atoms with Crippen LogP contribution in [0.5, 0.6) is 5.75 Å². The Morgan fingerprint density at radius 3 is 2.59 bits per heavy atom. The van der Waals surface area contributed by atoms with E-state index in [4.69, 9.17) is 4.74 Å². The molecule has 162 valence electrons. The fourth-order valence-electron chi connectivity index (χ4n) is 3.70. The summed E-state index contributed by atoms with van der Waals surface area (Å²) in [4.78, 5) is 43.6. The molecule has 4 amide bonds. The molecule has 0 spiro atoms. The van der Waals surface area contributed by atoms with Crippen molar-refractivity contribution in [2.75, 3.05) is 11.5 Å². The minimum atomic E-state index is -0.801. The number of ether oxygens (including phenoxy) is 1. The van der Waals surface area contributed by atoms with Gasteiger partial charge in [0.05, 0.1) is 12.3 Å². The molecule has 8 heteroatoms. The van der Waals surface area contributed by atoms with E-state index in [-0.39, 0.29) is 5.57 Å². The number of urea groups is 1. The number of benzene rings is 1. The molecule has 1 aliphatic rings. The molecule has 4 rings (SSSR count). The van der Waals surface area contributed by atoms with Crippen molar-refractivity contribution in [2.24, 2.45) is 0 Å². The van der Waals surface area contributed by atoms with E-state index < -0.39 is 17.8 Å². The lowest BCUT2D eigenvalue weighted by Crippen LogP contribution is -2.54. The summed E-state index contributed by atoms with van der Waals surface area (Å²) in [6.07, 6.45) is 3.20. The zero-order valence-electron chi connectivity index (χ0n) is 18.0. The average Bonchev–Trinajstić information content (AvgIpc) is 3.05. The van der Waals surface area contributed by atoms with E-state index in [9.17, 15) is 14.4 Å². The highest BCUT2D eigenvalue weighted by atomic mass is 16.5. The van der Waals surface area contributed by atoms with Crippen molar-refractivity contribution in [3.8, 4) is 11.6 Å². The molecule has 8 nitrogen and oxygen atoms in total. The maximum absolute atomic E-state index is 13.2. The Labute approximate surface area is 185 Å². The van der Waals surface area contributed by atoms with Gasteiger partial charge in [0.25, 0.3) is 11.8 Å². The summed E-state index contributed by atoms with van der Waals surface area (Å²) in [5, 5.41) is 2.25. The van der Waals surface area contributed by atoms with Gasteiger partial charge in [-0.2, -0.15) is 0 Å². The van der Waals surface area contributed by atoms with Crippen molar-refractivity contribution < 1.29 is 19.1 Å². The number of carbonyl (C=O) groups excluding carboxylic acids is 3. The predicted octanol–water partition coefficient (Wildman–Crippen LogP) is 3.55. The number of rotatable bonds is 5. The van der Waals surface area contributed by atoms with Crippen molar-refractivity contribution in [2.45, 2.75) is 20.8 Å². The quantitative estimate of drug-likeness (QED) is 0.494. The van der Waals surface area contributed by atoms with Crippen molar-refractivity contribution in [3.05, 3.63) is 77.3 Å². The van der Waals surface area contributed by atoms with Gasteiger partial charge in [-0.15, -0.1) is 0 Å². The van der Waals surface area contributed by atoms with Crippen LogP contribution in [-0.4, -0.2) is 34.0 Å². The van der Waals surface area contributed by atoms with Crippen LogP contribution in [-0.2, 0) is 9.59 Å². The number of aromatic nitrogens is 2. The maximum Gasteiger partial charge on any atom is 0.335 e. The molecule has 2 aromatic heterocycles. The number of hydrogen-bond acceptors (Lipinski definition) is 5. The van der Waals surface area contributed by atoms with Crippen molar-refractivity contribution in [3.63, 3.8) is 0 Å². The van der Waals surface area contributed by atoms with Gasteiger partial charge in [-0.3, -0.25) is 14.9 Å². The van der Waals surface area contributed by atoms with E-state index in [1.165, 1.54) is 6.08 Å². The summed E-state index contributed by atoms with van der Waals surface area (Å²) in [5.41, 5.74) is 2.58. The Bertz CT molecular complexity index is 1240. The molecule has 0 saturated carbocycles. The van der Waals surface area contributed by atoms with Crippen LogP contribution in [0.2, 0.25) is 0 Å². The van der Waals surface area contributed by atoms with E-state index in [0.29, 0.717) is 23.6 Å². The monoisotopic (exact) mass is 430 g/mol. The number of pyridine rings is 1. The zero-order chi connectivity index (χ0) is 22.8. The van der Waals surface area contributed by atoms with Gasteiger partial charge in [-0.25, -0.2) is 14.7 Å². The molecule has 3 aromatic rings. The largest absolute Gasteiger partial charge is 0.494 e. The number of carbonyl (C=O) groups is 3. The highest BCUT2D eigenvalue weighted by Crippen LogP contribution is 2.27. The number of nitrogens with one attached hydrogen (secondary N) is 1. The highest BCUT2D eigenvalue weighted by molar-refractivity contribution is 6.39. The van der Waals surface area contributed by atoms with Gasteiger partial charge < -0.3 is 9.30 Å². The second-order valence-electron chi connectivity index (χ2n) is 7.24. The van der Waals surface area contributed by atoms with Gasteiger partial charge in [0.15, 0.2) is 0 Å². The lowest BCUT2D eigenvalue weighted by atomic mass is 10.1. The molecule has 32 heavy (non-hydrogen) atoms. The minimum absolute atomic E-state index is 0.132. The van der Waals surface area contributed by atoms with Crippen LogP contribution in [0, 0.1) is 13.8 Å².